The monoisotopic (exact) mass is 180 g/mol. The van der Waals surface area contributed by atoms with Crippen LogP contribution in [0.25, 0.3) is 0 Å². The van der Waals surface area contributed by atoms with Gasteiger partial charge in [0.1, 0.15) is 4.33 Å². The molecule has 0 atom stereocenters. The summed E-state index contributed by atoms with van der Waals surface area (Å²) in [4.78, 5) is 0. The normalized spacial score (nSPS) is 12.8. The number of alkyl halides is 2. The third kappa shape index (κ3) is 8.32. The Balaban J connectivity index is 3.34. The number of unbranched alkanes of at least 4 members (excludes halogenated alkanes) is 1. The van der Waals surface area contributed by atoms with Crippen molar-refractivity contribution in [2.45, 2.75) is 37.4 Å². The lowest BCUT2D eigenvalue weighted by Crippen LogP contribution is -2.02. The molecule has 0 aromatic heterocycles. The van der Waals surface area contributed by atoms with Crippen molar-refractivity contribution in [2.24, 2.45) is 0 Å². The van der Waals surface area contributed by atoms with Gasteiger partial charge in [-0.2, -0.15) is 0 Å². The summed E-state index contributed by atoms with van der Waals surface area (Å²) < 4.78 is -0.593. The molecule has 0 spiro atoms. The first-order valence-electron chi connectivity index (χ1n) is 3.59. The summed E-state index contributed by atoms with van der Waals surface area (Å²) in [6.45, 7) is 3.94. The van der Waals surface area contributed by atoms with Gasteiger partial charge in [0, 0.05) is 0 Å². The van der Waals surface area contributed by atoms with Crippen molar-refractivity contribution in [1.29, 1.82) is 0 Å². The summed E-state index contributed by atoms with van der Waals surface area (Å²) in [5.74, 6) is 0. The Labute approximate surface area is 73.2 Å². The van der Waals surface area contributed by atoms with Crippen LogP contribution in [0.4, 0.5) is 0 Å². The average molecular weight is 181 g/mol. The van der Waals surface area contributed by atoms with Gasteiger partial charge >= 0.3 is 0 Å². The van der Waals surface area contributed by atoms with Gasteiger partial charge in [0.2, 0.25) is 0 Å². The van der Waals surface area contributed by atoms with E-state index < -0.39 is 4.33 Å². The van der Waals surface area contributed by atoms with Gasteiger partial charge in [-0.1, -0.05) is 25.5 Å². The van der Waals surface area contributed by atoms with Crippen LogP contribution >= 0.6 is 23.2 Å². The van der Waals surface area contributed by atoms with Gasteiger partial charge in [0.15, 0.2) is 0 Å². The van der Waals surface area contributed by atoms with Gasteiger partial charge < -0.3 is 0 Å². The molecule has 0 heterocycles. The second-order valence-corrected chi connectivity index (χ2v) is 4.40. The molecule has 0 radical (unpaired) electrons. The van der Waals surface area contributed by atoms with Crippen LogP contribution in [-0.4, -0.2) is 4.33 Å². The Morgan fingerprint density at radius 1 is 1.30 bits per heavy atom. The zero-order chi connectivity index (χ0) is 8.04. The number of hydrogen-bond acceptors (Lipinski definition) is 0. The Bertz CT molecular complexity index is 100. The van der Waals surface area contributed by atoms with E-state index in [1.165, 1.54) is 6.42 Å². The molecule has 0 bridgehead atoms. The van der Waals surface area contributed by atoms with Crippen LogP contribution in [0.1, 0.15) is 33.1 Å². The Hall–Kier alpha value is 0.320. The highest BCUT2D eigenvalue weighted by molar-refractivity contribution is 6.48. The minimum absolute atomic E-state index is 0.593. The van der Waals surface area contributed by atoms with Crippen LogP contribution in [-0.2, 0) is 0 Å². The van der Waals surface area contributed by atoms with Gasteiger partial charge in [0.25, 0.3) is 0 Å². The molecule has 0 rings (SSSR count). The summed E-state index contributed by atoms with van der Waals surface area (Å²) in [6.07, 6.45) is 7.17. The molecule has 0 saturated carbocycles. The van der Waals surface area contributed by atoms with Crippen molar-refractivity contribution in [3.8, 4) is 0 Å². The second kappa shape index (κ2) is 5.03. The van der Waals surface area contributed by atoms with Gasteiger partial charge in [-0.05, 0) is 19.8 Å². The zero-order valence-corrected chi connectivity index (χ0v) is 8.04. The largest absolute Gasteiger partial charge is 0.119 e. The third-order valence-corrected chi connectivity index (χ3v) is 1.41. The molecule has 2 heteroatoms. The Morgan fingerprint density at radius 3 is 2.30 bits per heavy atom. The molecule has 0 aliphatic carbocycles. The first kappa shape index (κ1) is 10.3. The molecule has 0 unspecified atom stereocenters. The number of hydrogen-bond donors (Lipinski definition) is 0. The highest BCUT2D eigenvalue weighted by atomic mass is 35.5. The smallest absolute Gasteiger partial charge is 0.102 e. The molecule has 0 fully saturated rings. The van der Waals surface area contributed by atoms with Gasteiger partial charge in [-0.25, -0.2) is 0 Å². The lowest BCUT2D eigenvalue weighted by molar-refractivity contribution is 0.870. The van der Waals surface area contributed by atoms with Gasteiger partial charge in [-0.15, -0.1) is 23.2 Å². The fraction of sp³-hybridized carbons (Fsp3) is 0.750. The maximum atomic E-state index is 5.73. The summed E-state index contributed by atoms with van der Waals surface area (Å²) in [5.41, 5.74) is 0. The van der Waals surface area contributed by atoms with Gasteiger partial charge in [-0.3, -0.25) is 0 Å². The van der Waals surface area contributed by atoms with Crippen molar-refractivity contribution in [1.82, 2.24) is 0 Å². The lowest BCUT2D eigenvalue weighted by atomic mass is 10.2. The first-order chi connectivity index (χ1) is 4.56. The molecule has 10 heavy (non-hydrogen) atoms. The predicted molar refractivity (Wildman–Crippen MR) is 48.8 cm³/mol. The molecule has 0 aromatic carbocycles. The molecule has 0 aliphatic rings. The van der Waals surface area contributed by atoms with Crippen LogP contribution in [0.2, 0.25) is 0 Å². The maximum Gasteiger partial charge on any atom is 0.119 e. The molecule has 0 amide bonds. The standard InChI is InChI=1S/C8H14Cl2/c1-3-4-5-6-7-8(2,9)10/h5-6H,3-4,7H2,1-2H3/b6-5+. The van der Waals surface area contributed by atoms with Gasteiger partial charge in [0.05, 0.1) is 0 Å². The summed E-state index contributed by atoms with van der Waals surface area (Å²) in [5, 5.41) is 0. The molecular weight excluding hydrogens is 167 g/mol. The van der Waals surface area contributed by atoms with Crippen LogP contribution in [0.3, 0.4) is 0 Å². The SMILES string of the molecule is CCC/C=C/CC(C)(Cl)Cl. The van der Waals surface area contributed by atoms with E-state index in [0.717, 1.165) is 12.8 Å². The fourth-order valence-electron chi connectivity index (χ4n) is 0.575. The van der Waals surface area contributed by atoms with Crippen molar-refractivity contribution in [2.75, 3.05) is 0 Å². The second-order valence-electron chi connectivity index (χ2n) is 2.53. The van der Waals surface area contributed by atoms with Crippen molar-refractivity contribution >= 4 is 23.2 Å². The van der Waals surface area contributed by atoms with Crippen LogP contribution in [0.15, 0.2) is 12.2 Å². The lowest BCUT2D eigenvalue weighted by Gasteiger charge is -2.07. The third-order valence-electron chi connectivity index (χ3n) is 1.10. The van der Waals surface area contributed by atoms with E-state index >= 15 is 0 Å². The molecule has 0 nitrogen and oxygen atoms in total. The summed E-state index contributed by atoms with van der Waals surface area (Å²) in [7, 11) is 0. The van der Waals surface area contributed by atoms with Crippen LogP contribution in [0, 0.1) is 0 Å². The fourth-order valence-corrected chi connectivity index (χ4v) is 0.753. The molecular formula is C8H14Cl2. The maximum absolute atomic E-state index is 5.73. The highest BCUT2D eigenvalue weighted by Gasteiger charge is 2.12. The number of allylic oxidation sites excluding steroid dienone is 2. The van der Waals surface area contributed by atoms with E-state index in [2.05, 4.69) is 13.0 Å². The van der Waals surface area contributed by atoms with E-state index in [9.17, 15) is 0 Å². The minimum atomic E-state index is -0.593. The van der Waals surface area contributed by atoms with Crippen molar-refractivity contribution < 1.29 is 0 Å². The summed E-state index contributed by atoms with van der Waals surface area (Å²) in [6, 6.07) is 0. The molecule has 0 aromatic rings. The molecule has 0 saturated heterocycles. The van der Waals surface area contributed by atoms with Crippen LogP contribution < -0.4 is 0 Å². The highest BCUT2D eigenvalue weighted by Crippen LogP contribution is 2.24. The first-order valence-corrected chi connectivity index (χ1v) is 4.34. The van der Waals surface area contributed by atoms with E-state index in [0.29, 0.717) is 0 Å². The zero-order valence-electron chi connectivity index (χ0n) is 6.53. The Morgan fingerprint density at radius 2 is 1.90 bits per heavy atom. The average Bonchev–Trinajstić information content (AvgIpc) is 1.78. The Kier molecular flexibility index (Phi) is 5.20. The topological polar surface area (TPSA) is 0 Å². The number of halogens is 2. The number of rotatable bonds is 4. The predicted octanol–water partition coefficient (Wildman–Crippen LogP) is 3.93. The minimum Gasteiger partial charge on any atom is -0.102 e. The van der Waals surface area contributed by atoms with Crippen molar-refractivity contribution in [3.63, 3.8) is 0 Å². The molecule has 60 valence electrons. The van der Waals surface area contributed by atoms with Crippen LogP contribution in [0.5, 0.6) is 0 Å². The molecule has 0 aliphatic heterocycles. The summed E-state index contributed by atoms with van der Waals surface area (Å²) >= 11 is 11.5. The van der Waals surface area contributed by atoms with E-state index in [1.54, 1.807) is 6.92 Å². The van der Waals surface area contributed by atoms with E-state index in [1.807, 2.05) is 6.08 Å². The van der Waals surface area contributed by atoms with E-state index in [-0.39, 0.29) is 0 Å². The van der Waals surface area contributed by atoms with E-state index in [4.69, 9.17) is 23.2 Å². The van der Waals surface area contributed by atoms with Crippen molar-refractivity contribution in [3.05, 3.63) is 12.2 Å². The molecule has 0 N–H and O–H groups in total. The quantitative estimate of drug-likeness (QED) is 0.455.